The summed E-state index contributed by atoms with van der Waals surface area (Å²) in [4.78, 5) is 17.4. The molecule has 0 unspecified atom stereocenters. The van der Waals surface area contributed by atoms with Crippen LogP contribution in [0.25, 0.3) is 0 Å². The number of aromatic nitrogens is 1. The van der Waals surface area contributed by atoms with Gasteiger partial charge in [-0.25, -0.2) is 0 Å². The highest BCUT2D eigenvalue weighted by molar-refractivity contribution is 7.12. The molecule has 0 spiro atoms. The molecule has 0 saturated carbocycles. The average Bonchev–Trinajstić information content (AvgIpc) is 2.72. The van der Waals surface area contributed by atoms with Gasteiger partial charge >= 0.3 is 0 Å². The van der Waals surface area contributed by atoms with Crippen molar-refractivity contribution in [3.63, 3.8) is 0 Å². The molecule has 2 nitrogen and oxygen atoms in total. The summed E-state index contributed by atoms with van der Waals surface area (Å²) in [6.45, 7) is 1.96. The minimum atomic E-state index is 0.0845. The van der Waals surface area contributed by atoms with Crippen molar-refractivity contribution < 1.29 is 4.79 Å². The van der Waals surface area contributed by atoms with Crippen LogP contribution in [0.2, 0.25) is 0 Å². The van der Waals surface area contributed by atoms with Gasteiger partial charge in [-0.3, -0.25) is 9.78 Å². The van der Waals surface area contributed by atoms with Crippen molar-refractivity contribution in [2.75, 3.05) is 0 Å². The molecule has 2 aromatic heterocycles. The van der Waals surface area contributed by atoms with Gasteiger partial charge in [-0.1, -0.05) is 0 Å². The second-order valence-corrected chi connectivity index (χ2v) is 4.59. The normalized spacial score (nSPS) is 10.2. The molecule has 4 heteroatoms. The van der Waals surface area contributed by atoms with E-state index in [9.17, 15) is 4.79 Å². The van der Waals surface area contributed by atoms with Gasteiger partial charge in [0.1, 0.15) is 0 Å². The molecule has 0 radical (unpaired) electrons. The topological polar surface area (TPSA) is 30.0 Å². The molecular weight excluding hydrogens is 202 g/mol. The summed E-state index contributed by atoms with van der Waals surface area (Å²) in [5.74, 6) is 0.0845. The van der Waals surface area contributed by atoms with Gasteiger partial charge in [0.2, 0.25) is 5.78 Å². The first-order valence-electron chi connectivity index (χ1n) is 3.76. The Morgan fingerprint density at radius 1 is 1.46 bits per heavy atom. The van der Waals surface area contributed by atoms with Crippen LogP contribution in [0.15, 0.2) is 23.2 Å². The van der Waals surface area contributed by atoms with Crippen molar-refractivity contribution in [2.45, 2.75) is 6.92 Å². The fraction of sp³-hybridized carbons (Fsp3) is 0.111. The zero-order valence-corrected chi connectivity index (χ0v) is 8.61. The van der Waals surface area contributed by atoms with Gasteiger partial charge in [0.05, 0.1) is 10.4 Å². The van der Waals surface area contributed by atoms with E-state index < -0.39 is 0 Å². The Morgan fingerprint density at radius 3 is 2.85 bits per heavy atom. The molecule has 2 aromatic rings. The van der Waals surface area contributed by atoms with E-state index in [1.165, 1.54) is 11.3 Å². The first-order valence-corrected chi connectivity index (χ1v) is 5.52. The predicted molar refractivity (Wildman–Crippen MR) is 54.6 cm³/mol. The Kier molecular flexibility index (Phi) is 2.24. The second kappa shape index (κ2) is 3.40. The SMILES string of the molecule is Cc1sccc1C(=O)c1cncs1. The Bertz CT molecular complexity index is 417. The summed E-state index contributed by atoms with van der Waals surface area (Å²) in [6, 6.07) is 1.86. The van der Waals surface area contributed by atoms with Crippen molar-refractivity contribution in [3.8, 4) is 0 Å². The predicted octanol–water partition coefficient (Wildman–Crippen LogP) is 2.74. The highest BCUT2D eigenvalue weighted by atomic mass is 32.1. The summed E-state index contributed by atoms with van der Waals surface area (Å²) in [6.07, 6.45) is 1.62. The first-order chi connectivity index (χ1) is 6.29. The highest BCUT2D eigenvalue weighted by Gasteiger charge is 2.13. The summed E-state index contributed by atoms with van der Waals surface area (Å²) in [5, 5.41) is 1.93. The maximum absolute atomic E-state index is 11.8. The van der Waals surface area contributed by atoms with Crippen molar-refractivity contribution >= 4 is 28.5 Å². The molecule has 2 heterocycles. The van der Waals surface area contributed by atoms with Crippen LogP contribution in [0, 0.1) is 6.92 Å². The lowest BCUT2D eigenvalue weighted by Gasteiger charge is -1.93. The van der Waals surface area contributed by atoms with Crippen LogP contribution in [0.1, 0.15) is 20.1 Å². The van der Waals surface area contributed by atoms with Gasteiger partial charge in [0, 0.05) is 16.6 Å². The Balaban J connectivity index is 2.39. The molecule has 0 saturated heterocycles. The molecular formula is C9H7NOS2. The molecule has 0 bridgehead atoms. The zero-order valence-electron chi connectivity index (χ0n) is 6.98. The number of hydrogen-bond donors (Lipinski definition) is 0. The van der Waals surface area contributed by atoms with Crippen LogP contribution in [-0.2, 0) is 0 Å². The van der Waals surface area contributed by atoms with Crippen LogP contribution in [0.5, 0.6) is 0 Å². The lowest BCUT2D eigenvalue weighted by Crippen LogP contribution is -1.97. The van der Waals surface area contributed by atoms with Crippen LogP contribution < -0.4 is 0 Å². The third-order valence-electron chi connectivity index (χ3n) is 1.76. The number of rotatable bonds is 2. The molecule has 13 heavy (non-hydrogen) atoms. The smallest absolute Gasteiger partial charge is 0.205 e. The molecule has 66 valence electrons. The van der Waals surface area contributed by atoms with Crippen LogP contribution in [0.4, 0.5) is 0 Å². The number of ketones is 1. The first kappa shape index (κ1) is 8.59. The van der Waals surface area contributed by atoms with Crippen LogP contribution in [-0.4, -0.2) is 10.8 Å². The summed E-state index contributed by atoms with van der Waals surface area (Å²) >= 11 is 2.98. The van der Waals surface area contributed by atoms with E-state index in [1.54, 1.807) is 23.0 Å². The molecule has 0 aromatic carbocycles. The van der Waals surface area contributed by atoms with E-state index >= 15 is 0 Å². The van der Waals surface area contributed by atoms with Crippen molar-refractivity contribution in [2.24, 2.45) is 0 Å². The molecule has 0 aliphatic heterocycles. The van der Waals surface area contributed by atoms with Crippen molar-refractivity contribution in [3.05, 3.63) is 38.5 Å². The van der Waals surface area contributed by atoms with Gasteiger partial charge in [-0.05, 0) is 18.4 Å². The third-order valence-corrected chi connectivity index (χ3v) is 3.38. The molecule has 2 rings (SSSR count). The van der Waals surface area contributed by atoms with Gasteiger partial charge in [0.15, 0.2) is 0 Å². The largest absolute Gasteiger partial charge is 0.288 e. The molecule has 0 atom stereocenters. The van der Waals surface area contributed by atoms with E-state index in [-0.39, 0.29) is 5.78 Å². The lowest BCUT2D eigenvalue weighted by atomic mass is 10.1. The fourth-order valence-corrected chi connectivity index (χ4v) is 2.35. The van der Waals surface area contributed by atoms with E-state index in [0.717, 1.165) is 10.4 Å². The summed E-state index contributed by atoms with van der Waals surface area (Å²) in [7, 11) is 0. The lowest BCUT2D eigenvalue weighted by molar-refractivity contribution is 0.104. The van der Waals surface area contributed by atoms with Gasteiger partial charge in [-0.2, -0.15) is 0 Å². The van der Waals surface area contributed by atoms with E-state index in [0.29, 0.717) is 4.88 Å². The number of aryl methyl sites for hydroxylation is 1. The molecule has 0 aliphatic carbocycles. The van der Waals surface area contributed by atoms with Crippen LogP contribution >= 0.6 is 22.7 Å². The summed E-state index contributed by atoms with van der Waals surface area (Å²) < 4.78 is 0. The van der Waals surface area contributed by atoms with Crippen LogP contribution in [0.3, 0.4) is 0 Å². The molecule has 0 amide bonds. The minimum absolute atomic E-state index is 0.0845. The van der Waals surface area contributed by atoms with Gasteiger partial charge in [0.25, 0.3) is 0 Å². The summed E-state index contributed by atoms with van der Waals surface area (Å²) in [5.41, 5.74) is 2.48. The molecule has 0 aliphatic rings. The van der Waals surface area contributed by atoms with E-state index in [1.807, 2.05) is 18.4 Å². The second-order valence-electron chi connectivity index (χ2n) is 2.59. The number of thiophene rings is 1. The number of carbonyl (C=O) groups is 1. The van der Waals surface area contributed by atoms with Crippen molar-refractivity contribution in [1.82, 2.24) is 4.98 Å². The third kappa shape index (κ3) is 1.55. The molecule has 0 N–H and O–H groups in total. The van der Waals surface area contributed by atoms with Gasteiger partial charge in [-0.15, -0.1) is 22.7 Å². The Labute approximate surface area is 83.9 Å². The number of thiazole rings is 1. The maximum atomic E-state index is 11.8. The van der Waals surface area contributed by atoms with Gasteiger partial charge < -0.3 is 0 Å². The van der Waals surface area contributed by atoms with E-state index in [2.05, 4.69) is 4.98 Å². The zero-order chi connectivity index (χ0) is 9.26. The minimum Gasteiger partial charge on any atom is -0.288 e. The average molecular weight is 209 g/mol. The standard InChI is InChI=1S/C9H7NOS2/c1-6-7(2-3-12-6)9(11)8-4-10-5-13-8/h2-5H,1H3. The fourth-order valence-electron chi connectivity index (χ4n) is 1.08. The maximum Gasteiger partial charge on any atom is 0.205 e. The number of carbonyl (C=O) groups excluding carboxylic acids is 1. The highest BCUT2D eigenvalue weighted by Crippen LogP contribution is 2.20. The van der Waals surface area contributed by atoms with Crippen molar-refractivity contribution in [1.29, 1.82) is 0 Å². The Hall–Kier alpha value is -1.00. The molecule has 0 fully saturated rings. The Morgan fingerprint density at radius 2 is 2.31 bits per heavy atom. The quantitative estimate of drug-likeness (QED) is 0.712. The monoisotopic (exact) mass is 209 g/mol. The van der Waals surface area contributed by atoms with E-state index in [4.69, 9.17) is 0 Å². The number of nitrogens with zero attached hydrogens (tertiary/aromatic N) is 1. The number of hydrogen-bond acceptors (Lipinski definition) is 4.